The molecule has 2 aromatic carbocycles. The van der Waals surface area contributed by atoms with Crippen molar-refractivity contribution in [3.8, 4) is 0 Å². The molecule has 0 bridgehead atoms. The molecule has 0 heterocycles. The molecule has 0 saturated carbocycles. The summed E-state index contributed by atoms with van der Waals surface area (Å²) in [4.78, 5) is 45.4. The quantitative estimate of drug-likeness (QED) is 0.508. The molecular formula is C20H17O8-. The lowest BCUT2D eigenvalue weighted by Crippen LogP contribution is -2.22. The summed E-state index contributed by atoms with van der Waals surface area (Å²) < 4.78 is 10.1. The second kappa shape index (κ2) is 9.86. The van der Waals surface area contributed by atoms with Crippen molar-refractivity contribution in [2.24, 2.45) is 0 Å². The van der Waals surface area contributed by atoms with Gasteiger partial charge in [0.15, 0.2) is 0 Å². The number of hydrogen-bond acceptors (Lipinski definition) is 7. The van der Waals surface area contributed by atoms with Gasteiger partial charge in [-0.3, -0.25) is 0 Å². The zero-order valence-electron chi connectivity index (χ0n) is 14.8. The van der Waals surface area contributed by atoms with Crippen LogP contribution in [-0.2, 0) is 9.47 Å². The van der Waals surface area contributed by atoms with Gasteiger partial charge in [-0.25, -0.2) is 14.4 Å². The van der Waals surface area contributed by atoms with E-state index in [-0.39, 0.29) is 35.5 Å². The van der Waals surface area contributed by atoms with Crippen molar-refractivity contribution >= 4 is 23.9 Å². The van der Waals surface area contributed by atoms with Gasteiger partial charge in [-0.05, 0) is 48.7 Å². The zero-order chi connectivity index (χ0) is 20.5. The van der Waals surface area contributed by atoms with Crippen LogP contribution in [0, 0.1) is 0 Å². The number of carboxylic acid groups (broad SMARTS) is 2. The molecule has 146 valence electrons. The predicted molar refractivity (Wildman–Crippen MR) is 94.0 cm³/mol. The Bertz CT molecular complexity index is 814. The Balaban J connectivity index is 1.70. The van der Waals surface area contributed by atoms with Crippen LogP contribution in [0.15, 0.2) is 48.5 Å². The highest BCUT2D eigenvalue weighted by Gasteiger charge is 2.11. The van der Waals surface area contributed by atoms with Crippen LogP contribution in [0.5, 0.6) is 0 Å². The summed E-state index contributed by atoms with van der Waals surface area (Å²) in [5.41, 5.74) is 0.114. The first-order valence-electron chi connectivity index (χ1n) is 8.37. The smallest absolute Gasteiger partial charge is 0.338 e. The minimum Gasteiger partial charge on any atom is -0.545 e. The molecule has 28 heavy (non-hydrogen) atoms. The van der Waals surface area contributed by atoms with Crippen molar-refractivity contribution in [1.82, 2.24) is 0 Å². The first kappa shape index (κ1) is 20.6. The summed E-state index contributed by atoms with van der Waals surface area (Å²) in [6.45, 7) is 0.147. The first-order valence-corrected chi connectivity index (χ1v) is 8.37. The van der Waals surface area contributed by atoms with Crippen LogP contribution < -0.4 is 5.11 Å². The van der Waals surface area contributed by atoms with E-state index >= 15 is 0 Å². The maximum absolute atomic E-state index is 11.9. The normalized spacial score (nSPS) is 10.1. The Kier molecular flexibility index (Phi) is 7.27. The van der Waals surface area contributed by atoms with E-state index in [0.29, 0.717) is 12.8 Å². The maximum atomic E-state index is 11.9. The molecule has 1 N–H and O–H groups in total. The summed E-state index contributed by atoms with van der Waals surface area (Å²) in [6, 6.07) is 10.8. The standard InChI is InChI=1S/C20H18O8/c21-17(22)13-5-3-7-15(11-13)19(25)27-9-1-2-10-28-20(26)16-8-4-6-14(12-16)18(23)24/h3-8,11-12H,1-2,9-10H2,(H,21,22)(H,23,24)/p-1. The number of hydrogen-bond donors (Lipinski definition) is 1. The van der Waals surface area contributed by atoms with Crippen LogP contribution in [0.4, 0.5) is 0 Å². The monoisotopic (exact) mass is 385 g/mol. The third-order valence-corrected chi connectivity index (χ3v) is 3.68. The highest BCUT2D eigenvalue weighted by Crippen LogP contribution is 2.09. The van der Waals surface area contributed by atoms with E-state index in [2.05, 4.69) is 0 Å². The van der Waals surface area contributed by atoms with Gasteiger partial charge in [0.25, 0.3) is 0 Å². The number of carbonyl (C=O) groups is 4. The van der Waals surface area contributed by atoms with Crippen molar-refractivity contribution in [3.63, 3.8) is 0 Å². The average molecular weight is 385 g/mol. The van der Waals surface area contributed by atoms with E-state index in [1.54, 1.807) is 0 Å². The Morgan fingerprint density at radius 1 is 0.750 bits per heavy atom. The molecule has 0 radical (unpaired) electrons. The first-order chi connectivity index (χ1) is 13.4. The Morgan fingerprint density at radius 3 is 1.64 bits per heavy atom. The van der Waals surface area contributed by atoms with Crippen LogP contribution in [0.1, 0.15) is 54.3 Å². The van der Waals surface area contributed by atoms with E-state index in [4.69, 9.17) is 14.6 Å². The SMILES string of the molecule is O=C([O-])c1cccc(C(=O)OCCCCOC(=O)c2cccc(C(=O)O)c2)c1. The molecule has 0 aliphatic heterocycles. The number of esters is 2. The lowest BCUT2D eigenvalue weighted by Gasteiger charge is -2.08. The van der Waals surface area contributed by atoms with Crippen molar-refractivity contribution in [2.45, 2.75) is 12.8 Å². The van der Waals surface area contributed by atoms with Crippen LogP contribution in [0.25, 0.3) is 0 Å². The minimum atomic E-state index is -1.38. The molecule has 8 nitrogen and oxygen atoms in total. The van der Waals surface area contributed by atoms with Crippen molar-refractivity contribution in [2.75, 3.05) is 13.2 Å². The Hall–Kier alpha value is -3.68. The second-order valence-electron chi connectivity index (χ2n) is 5.73. The predicted octanol–water partition coefficient (Wildman–Crippen LogP) is 1.54. The number of aromatic carboxylic acids is 2. The lowest BCUT2D eigenvalue weighted by atomic mass is 10.1. The number of ether oxygens (including phenoxy) is 2. The van der Waals surface area contributed by atoms with Gasteiger partial charge in [-0.2, -0.15) is 0 Å². The molecule has 0 spiro atoms. The summed E-state index contributed by atoms with van der Waals surface area (Å²) in [6.07, 6.45) is 0.852. The summed E-state index contributed by atoms with van der Waals surface area (Å²) in [5.74, 6) is -3.82. The number of benzene rings is 2. The summed E-state index contributed by atoms with van der Waals surface area (Å²) >= 11 is 0. The molecule has 0 unspecified atom stereocenters. The van der Waals surface area contributed by atoms with Gasteiger partial charge >= 0.3 is 17.9 Å². The molecule has 0 aliphatic carbocycles. The van der Waals surface area contributed by atoms with Gasteiger partial charge in [-0.1, -0.05) is 18.2 Å². The molecule has 0 aliphatic rings. The van der Waals surface area contributed by atoms with E-state index in [9.17, 15) is 24.3 Å². The molecular weight excluding hydrogens is 368 g/mol. The highest BCUT2D eigenvalue weighted by molar-refractivity contribution is 5.95. The molecule has 0 aromatic heterocycles. The fraction of sp³-hybridized carbons (Fsp3) is 0.200. The molecule has 0 fully saturated rings. The van der Waals surface area contributed by atoms with E-state index in [1.165, 1.54) is 48.5 Å². The summed E-state index contributed by atoms with van der Waals surface area (Å²) in [5, 5.41) is 19.7. The Labute approximate surface area is 160 Å². The van der Waals surface area contributed by atoms with Gasteiger partial charge < -0.3 is 24.5 Å². The molecule has 2 rings (SSSR count). The van der Waals surface area contributed by atoms with Crippen LogP contribution in [-0.4, -0.2) is 42.2 Å². The largest absolute Gasteiger partial charge is 0.545 e. The molecule has 0 atom stereocenters. The fourth-order valence-corrected chi connectivity index (χ4v) is 2.25. The number of carboxylic acids is 2. The van der Waals surface area contributed by atoms with Gasteiger partial charge in [-0.15, -0.1) is 0 Å². The number of carbonyl (C=O) groups excluding carboxylic acids is 3. The molecule has 8 heteroatoms. The van der Waals surface area contributed by atoms with Gasteiger partial charge in [0.1, 0.15) is 0 Å². The van der Waals surface area contributed by atoms with Crippen LogP contribution in [0.2, 0.25) is 0 Å². The van der Waals surface area contributed by atoms with E-state index in [1.807, 2.05) is 0 Å². The zero-order valence-corrected chi connectivity index (χ0v) is 14.8. The third kappa shape index (κ3) is 5.94. The van der Waals surface area contributed by atoms with E-state index < -0.39 is 23.9 Å². The van der Waals surface area contributed by atoms with Crippen molar-refractivity contribution < 1.29 is 38.9 Å². The second-order valence-corrected chi connectivity index (χ2v) is 5.73. The van der Waals surface area contributed by atoms with Gasteiger partial charge in [0.05, 0.1) is 35.9 Å². The molecule has 2 aromatic rings. The van der Waals surface area contributed by atoms with Crippen LogP contribution in [0.3, 0.4) is 0 Å². The number of unbranched alkanes of at least 4 members (excludes halogenated alkanes) is 1. The molecule has 0 saturated heterocycles. The van der Waals surface area contributed by atoms with E-state index in [0.717, 1.165) is 0 Å². The van der Waals surface area contributed by atoms with Gasteiger partial charge in [0.2, 0.25) is 0 Å². The lowest BCUT2D eigenvalue weighted by molar-refractivity contribution is -0.255. The van der Waals surface area contributed by atoms with Crippen molar-refractivity contribution in [3.05, 3.63) is 70.8 Å². The minimum absolute atomic E-state index is 0.0101. The maximum Gasteiger partial charge on any atom is 0.338 e. The Morgan fingerprint density at radius 2 is 1.18 bits per heavy atom. The number of rotatable bonds is 9. The van der Waals surface area contributed by atoms with Crippen molar-refractivity contribution in [1.29, 1.82) is 0 Å². The van der Waals surface area contributed by atoms with Crippen LogP contribution >= 0.6 is 0 Å². The highest BCUT2D eigenvalue weighted by atomic mass is 16.5. The fourth-order valence-electron chi connectivity index (χ4n) is 2.25. The third-order valence-electron chi connectivity index (χ3n) is 3.68. The topological polar surface area (TPSA) is 130 Å². The van der Waals surface area contributed by atoms with Gasteiger partial charge in [0, 0.05) is 0 Å². The summed E-state index contributed by atoms with van der Waals surface area (Å²) in [7, 11) is 0. The average Bonchev–Trinajstić information content (AvgIpc) is 2.70. The molecule has 0 amide bonds.